The predicted octanol–water partition coefficient (Wildman–Crippen LogP) is 2.29. The van der Waals surface area contributed by atoms with Gasteiger partial charge >= 0.3 is 12.1 Å². The van der Waals surface area contributed by atoms with Crippen molar-refractivity contribution in [2.45, 2.75) is 37.0 Å². The molecule has 0 bridgehead atoms. The topological polar surface area (TPSA) is 123 Å². The second kappa shape index (κ2) is 10.1. The number of benzene rings is 2. The monoisotopic (exact) mass is 480 g/mol. The average molecular weight is 481 g/mol. The lowest BCUT2D eigenvalue weighted by Crippen LogP contribution is -2.46. The van der Waals surface area contributed by atoms with Crippen LogP contribution in [0.15, 0.2) is 48.5 Å². The van der Waals surface area contributed by atoms with E-state index in [0.717, 1.165) is 11.1 Å². The molecule has 2 saturated heterocycles. The minimum atomic E-state index is -1.08. The van der Waals surface area contributed by atoms with Crippen LogP contribution >= 0.6 is 0 Å². The van der Waals surface area contributed by atoms with Crippen LogP contribution in [0.2, 0.25) is 0 Å². The summed E-state index contributed by atoms with van der Waals surface area (Å²) in [6, 6.07) is 15.7. The van der Waals surface area contributed by atoms with Gasteiger partial charge in [0, 0.05) is 19.1 Å². The van der Waals surface area contributed by atoms with Crippen LogP contribution in [0.4, 0.5) is 4.79 Å². The molecule has 0 radical (unpaired) electrons. The van der Waals surface area contributed by atoms with E-state index in [1.54, 1.807) is 0 Å². The number of amides is 2. The Labute approximate surface area is 202 Å². The molecule has 0 aromatic heterocycles. The number of carboxylic acids is 1. The fourth-order valence-corrected chi connectivity index (χ4v) is 5.16. The van der Waals surface area contributed by atoms with E-state index in [2.05, 4.69) is 34.9 Å². The molecular formula is C26H28N2O7. The highest BCUT2D eigenvalue weighted by Gasteiger charge is 2.38. The number of hydrogen-bond acceptors (Lipinski definition) is 6. The number of fused-ring (bicyclic) bond motifs is 3. The molecule has 9 heteroatoms. The lowest BCUT2D eigenvalue weighted by molar-refractivity contribution is -0.148. The third kappa shape index (κ3) is 4.87. The maximum absolute atomic E-state index is 12.6. The van der Waals surface area contributed by atoms with Crippen molar-refractivity contribution in [2.24, 2.45) is 5.92 Å². The van der Waals surface area contributed by atoms with Crippen molar-refractivity contribution < 1.29 is 33.7 Å². The number of hydrogen-bond donors (Lipinski definition) is 3. The molecule has 1 aliphatic carbocycles. The van der Waals surface area contributed by atoms with Gasteiger partial charge in [-0.3, -0.25) is 4.79 Å². The first-order valence-electron chi connectivity index (χ1n) is 11.9. The van der Waals surface area contributed by atoms with Crippen molar-refractivity contribution in [3.05, 3.63) is 59.7 Å². The van der Waals surface area contributed by atoms with Crippen molar-refractivity contribution in [1.82, 2.24) is 10.6 Å². The zero-order valence-electron chi connectivity index (χ0n) is 19.1. The quantitative estimate of drug-likeness (QED) is 0.556. The Morgan fingerprint density at radius 3 is 2.37 bits per heavy atom. The lowest BCUT2D eigenvalue weighted by atomic mass is 9.98. The van der Waals surface area contributed by atoms with Gasteiger partial charge in [0.1, 0.15) is 6.61 Å². The molecule has 184 valence electrons. The van der Waals surface area contributed by atoms with Gasteiger partial charge in [0.15, 0.2) is 6.10 Å². The number of nitrogens with one attached hydrogen (secondary N) is 2. The molecular weight excluding hydrogens is 452 g/mol. The van der Waals surface area contributed by atoms with Crippen LogP contribution < -0.4 is 10.6 Å². The minimum Gasteiger partial charge on any atom is -0.479 e. The number of alkyl carbamates (subject to hydrolysis) is 1. The molecule has 2 amide bonds. The first-order valence-corrected chi connectivity index (χ1v) is 11.9. The van der Waals surface area contributed by atoms with Gasteiger partial charge in [-0.25, -0.2) is 9.59 Å². The smallest absolute Gasteiger partial charge is 0.407 e. The summed E-state index contributed by atoms with van der Waals surface area (Å²) in [6.45, 7) is 0.972. The molecule has 0 saturated carbocycles. The summed E-state index contributed by atoms with van der Waals surface area (Å²) >= 11 is 0. The van der Waals surface area contributed by atoms with Gasteiger partial charge in [-0.2, -0.15) is 0 Å². The van der Waals surface area contributed by atoms with E-state index in [0.29, 0.717) is 19.4 Å². The number of ether oxygens (including phenoxy) is 3. The van der Waals surface area contributed by atoms with Gasteiger partial charge < -0.3 is 30.0 Å². The molecule has 2 heterocycles. The van der Waals surface area contributed by atoms with Crippen LogP contribution in [0, 0.1) is 5.92 Å². The van der Waals surface area contributed by atoms with E-state index in [1.807, 2.05) is 24.3 Å². The molecule has 3 N–H and O–H groups in total. The molecule has 2 aromatic carbocycles. The molecule has 2 aliphatic heterocycles. The summed E-state index contributed by atoms with van der Waals surface area (Å²) in [6.07, 6.45) is -0.978. The molecule has 2 fully saturated rings. The van der Waals surface area contributed by atoms with Gasteiger partial charge in [0.2, 0.25) is 5.91 Å². The number of rotatable bonds is 7. The van der Waals surface area contributed by atoms with Crippen molar-refractivity contribution in [2.75, 3.05) is 26.4 Å². The van der Waals surface area contributed by atoms with Gasteiger partial charge in [0.25, 0.3) is 0 Å². The predicted molar refractivity (Wildman–Crippen MR) is 125 cm³/mol. The number of carbonyl (C=O) groups is 3. The highest BCUT2D eigenvalue weighted by Crippen LogP contribution is 2.44. The number of carboxylic acid groups (broad SMARTS) is 1. The minimum absolute atomic E-state index is 0.0156. The third-order valence-corrected chi connectivity index (χ3v) is 6.93. The number of carbonyl (C=O) groups excluding carboxylic acids is 2. The Bertz CT molecular complexity index is 1070. The standard InChI is InChI=1S/C26H28N2O7/c29-24(28-22-9-10-33-23(22)25(30)31)15-11-16(34-13-15)12-27-26(32)35-14-21-19-7-3-1-5-17(19)18-6-2-4-8-20(18)21/h1-8,15-16,21-23H,9-14H2,(H,27,32)(H,28,29)(H,30,31)/t15-,16-,22-,23+/m0/s1. The van der Waals surface area contributed by atoms with Gasteiger partial charge in [-0.05, 0) is 35.1 Å². The molecule has 0 unspecified atom stereocenters. The number of aliphatic carboxylic acids is 1. The first kappa shape index (κ1) is 23.3. The van der Waals surface area contributed by atoms with Gasteiger partial charge in [-0.1, -0.05) is 48.5 Å². The van der Waals surface area contributed by atoms with Crippen molar-refractivity contribution in [3.8, 4) is 11.1 Å². The second-order valence-corrected chi connectivity index (χ2v) is 9.13. The maximum Gasteiger partial charge on any atom is 0.407 e. The Balaban J connectivity index is 1.08. The average Bonchev–Trinajstić information content (AvgIpc) is 3.59. The summed E-state index contributed by atoms with van der Waals surface area (Å²) in [4.78, 5) is 36.2. The van der Waals surface area contributed by atoms with E-state index < -0.39 is 30.1 Å². The lowest BCUT2D eigenvalue weighted by Gasteiger charge is -2.18. The molecule has 3 aliphatic rings. The summed E-state index contributed by atoms with van der Waals surface area (Å²) in [5.41, 5.74) is 4.62. The highest BCUT2D eigenvalue weighted by atomic mass is 16.5. The molecule has 2 aromatic rings. The molecule has 9 nitrogen and oxygen atoms in total. The molecule has 5 rings (SSSR count). The van der Waals surface area contributed by atoms with Crippen molar-refractivity contribution >= 4 is 18.0 Å². The van der Waals surface area contributed by atoms with Crippen molar-refractivity contribution in [3.63, 3.8) is 0 Å². The van der Waals surface area contributed by atoms with Crippen LogP contribution in [0.1, 0.15) is 29.9 Å². The summed E-state index contributed by atoms with van der Waals surface area (Å²) in [5, 5.41) is 14.7. The van der Waals surface area contributed by atoms with Gasteiger partial charge in [-0.15, -0.1) is 0 Å². The van der Waals surface area contributed by atoms with E-state index in [1.165, 1.54) is 11.1 Å². The maximum atomic E-state index is 12.6. The Morgan fingerprint density at radius 2 is 1.69 bits per heavy atom. The van der Waals surface area contributed by atoms with E-state index >= 15 is 0 Å². The molecule has 0 spiro atoms. The van der Waals surface area contributed by atoms with Gasteiger partial charge in [0.05, 0.1) is 24.7 Å². The largest absolute Gasteiger partial charge is 0.479 e. The zero-order chi connectivity index (χ0) is 24.4. The van der Waals surface area contributed by atoms with Crippen LogP contribution in [0.25, 0.3) is 11.1 Å². The Morgan fingerprint density at radius 1 is 1.00 bits per heavy atom. The zero-order valence-corrected chi connectivity index (χ0v) is 19.1. The van der Waals surface area contributed by atoms with E-state index in [-0.39, 0.29) is 37.7 Å². The normalized spacial score (nSPS) is 25.0. The third-order valence-electron chi connectivity index (χ3n) is 6.93. The fourth-order valence-electron chi connectivity index (χ4n) is 5.16. The molecule has 4 atom stereocenters. The van der Waals surface area contributed by atoms with E-state index in [9.17, 15) is 19.5 Å². The van der Waals surface area contributed by atoms with Crippen molar-refractivity contribution in [1.29, 1.82) is 0 Å². The fraction of sp³-hybridized carbons (Fsp3) is 0.423. The summed E-state index contributed by atoms with van der Waals surface area (Å²) < 4.78 is 16.4. The highest BCUT2D eigenvalue weighted by molar-refractivity contribution is 5.81. The Hall–Kier alpha value is -3.43. The SMILES string of the molecule is O=C(NC[C@@H]1C[C@H](C(=O)N[C@H]2CCO[C@H]2C(=O)O)CO1)OCC1c2ccccc2-c2ccccc21. The molecule has 35 heavy (non-hydrogen) atoms. The van der Waals surface area contributed by atoms with Crippen LogP contribution in [0.5, 0.6) is 0 Å². The Kier molecular flexibility index (Phi) is 6.70. The van der Waals surface area contributed by atoms with E-state index in [4.69, 9.17) is 14.2 Å². The summed E-state index contributed by atoms with van der Waals surface area (Å²) in [7, 11) is 0. The second-order valence-electron chi connectivity index (χ2n) is 9.13. The van der Waals surface area contributed by atoms with Crippen LogP contribution in [0.3, 0.4) is 0 Å². The summed E-state index contributed by atoms with van der Waals surface area (Å²) in [5.74, 6) is -1.76. The van der Waals surface area contributed by atoms with Crippen LogP contribution in [-0.4, -0.2) is 67.7 Å². The van der Waals surface area contributed by atoms with Crippen LogP contribution in [-0.2, 0) is 23.8 Å². The first-order chi connectivity index (χ1) is 17.0.